The SMILES string of the molecule is COc1cc(OC)cc(-c2noc(C3CCCC3N)n2)c1. The zero-order chi connectivity index (χ0) is 14.8. The highest BCUT2D eigenvalue weighted by molar-refractivity contribution is 5.60. The molecule has 6 nitrogen and oxygen atoms in total. The second kappa shape index (κ2) is 5.73. The molecule has 1 heterocycles. The van der Waals surface area contributed by atoms with E-state index >= 15 is 0 Å². The summed E-state index contributed by atoms with van der Waals surface area (Å²) in [5.74, 6) is 2.69. The Balaban J connectivity index is 1.92. The molecule has 1 aliphatic rings. The van der Waals surface area contributed by atoms with Crippen LogP contribution in [0.15, 0.2) is 22.7 Å². The van der Waals surface area contributed by atoms with Crippen molar-refractivity contribution >= 4 is 0 Å². The van der Waals surface area contributed by atoms with Crippen LogP contribution in [0.5, 0.6) is 11.5 Å². The molecule has 0 bridgehead atoms. The van der Waals surface area contributed by atoms with Crippen LogP contribution < -0.4 is 15.2 Å². The molecule has 112 valence electrons. The van der Waals surface area contributed by atoms with Gasteiger partial charge in [0.15, 0.2) is 0 Å². The molecule has 2 N–H and O–H groups in total. The number of benzene rings is 1. The van der Waals surface area contributed by atoms with Crippen LogP contribution in [-0.4, -0.2) is 30.4 Å². The monoisotopic (exact) mass is 289 g/mol. The van der Waals surface area contributed by atoms with Gasteiger partial charge >= 0.3 is 0 Å². The second-order valence-electron chi connectivity index (χ2n) is 5.26. The number of nitrogens with zero attached hydrogens (tertiary/aromatic N) is 2. The number of nitrogens with two attached hydrogens (primary N) is 1. The predicted octanol–water partition coefficient (Wildman–Crippen LogP) is 2.35. The van der Waals surface area contributed by atoms with E-state index in [1.165, 1.54) is 0 Å². The van der Waals surface area contributed by atoms with E-state index in [0.29, 0.717) is 23.2 Å². The molecule has 0 aliphatic heterocycles. The molecule has 0 spiro atoms. The van der Waals surface area contributed by atoms with Crippen molar-refractivity contribution in [2.75, 3.05) is 14.2 Å². The largest absolute Gasteiger partial charge is 0.497 e. The number of rotatable bonds is 4. The van der Waals surface area contributed by atoms with E-state index in [4.69, 9.17) is 19.7 Å². The van der Waals surface area contributed by atoms with Crippen molar-refractivity contribution in [1.82, 2.24) is 10.1 Å². The molecule has 2 aromatic rings. The number of methoxy groups -OCH3 is 2. The van der Waals surface area contributed by atoms with Crippen molar-refractivity contribution in [3.05, 3.63) is 24.1 Å². The van der Waals surface area contributed by atoms with Crippen molar-refractivity contribution in [3.63, 3.8) is 0 Å². The molecule has 6 heteroatoms. The van der Waals surface area contributed by atoms with Crippen molar-refractivity contribution < 1.29 is 14.0 Å². The first-order valence-electron chi connectivity index (χ1n) is 7.04. The minimum Gasteiger partial charge on any atom is -0.497 e. The zero-order valence-corrected chi connectivity index (χ0v) is 12.2. The van der Waals surface area contributed by atoms with Gasteiger partial charge in [-0.3, -0.25) is 0 Å². The zero-order valence-electron chi connectivity index (χ0n) is 12.2. The Hall–Kier alpha value is -2.08. The van der Waals surface area contributed by atoms with Gasteiger partial charge in [-0.1, -0.05) is 11.6 Å². The smallest absolute Gasteiger partial charge is 0.231 e. The molecular formula is C15H19N3O3. The quantitative estimate of drug-likeness (QED) is 0.930. The summed E-state index contributed by atoms with van der Waals surface area (Å²) in [5.41, 5.74) is 6.88. The van der Waals surface area contributed by atoms with E-state index in [2.05, 4.69) is 10.1 Å². The van der Waals surface area contributed by atoms with E-state index in [-0.39, 0.29) is 12.0 Å². The molecule has 2 atom stereocenters. The molecule has 21 heavy (non-hydrogen) atoms. The van der Waals surface area contributed by atoms with Gasteiger partial charge in [0.05, 0.1) is 20.1 Å². The van der Waals surface area contributed by atoms with E-state index in [9.17, 15) is 0 Å². The fourth-order valence-corrected chi connectivity index (χ4v) is 2.73. The summed E-state index contributed by atoms with van der Waals surface area (Å²) in [4.78, 5) is 4.49. The molecule has 0 saturated heterocycles. The lowest BCUT2D eigenvalue weighted by Crippen LogP contribution is -2.22. The second-order valence-corrected chi connectivity index (χ2v) is 5.26. The highest BCUT2D eigenvalue weighted by Gasteiger charge is 2.30. The van der Waals surface area contributed by atoms with Crippen LogP contribution in [0.1, 0.15) is 31.1 Å². The summed E-state index contributed by atoms with van der Waals surface area (Å²) in [6.07, 6.45) is 3.12. The summed E-state index contributed by atoms with van der Waals surface area (Å²) < 4.78 is 15.9. The van der Waals surface area contributed by atoms with Gasteiger partial charge in [-0.2, -0.15) is 4.98 Å². The molecule has 1 aromatic heterocycles. The third kappa shape index (κ3) is 2.71. The lowest BCUT2D eigenvalue weighted by atomic mass is 10.1. The van der Waals surface area contributed by atoms with E-state index in [1.54, 1.807) is 20.3 Å². The molecule has 3 rings (SSSR count). The Morgan fingerprint density at radius 3 is 2.43 bits per heavy atom. The third-order valence-corrected chi connectivity index (χ3v) is 3.94. The first-order valence-corrected chi connectivity index (χ1v) is 7.04. The van der Waals surface area contributed by atoms with E-state index in [0.717, 1.165) is 24.8 Å². The minimum absolute atomic E-state index is 0.109. The van der Waals surface area contributed by atoms with Gasteiger partial charge in [0, 0.05) is 17.7 Å². The molecule has 0 amide bonds. The Morgan fingerprint density at radius 1 is 1.14 bits per heavy atom. The number of aromatic nitrogens is 2. The topological polar surface area (TPSA) is 83.4 Å². The molecule has 0 radical (unpaired) electrons. The van der Waals surface area contributed by atoms with Gasteiger partial charge in [-0.15, -0.1) is 0 Å². The van der Waals surface area contributed by atoms with Crippen LogP contribution >= 0.6 is 0 Å². The maximum atomic E-state index is 6.08. The van der Waals surface area contributed by atoms with Gasteiger partial charge in [-0.05, 0) is 25.0 Å². The normalized spacial score (nSPS) is 21.5. The molecule has 2 unspecified atom stereocenters. The maximum Gasteiger partial charge on any atom is 0.231 e. The average molecular weight is 289 g/mol. The van der Waals surface area contributed by atoms with Crippen LogP contribution in [0.2, 0.25) is 0 Å². The number of ether oxygens (including phenoxy) is 2. The van der Waals surface area contributed by atoms with Crippen LogP contribution in [-0.2, 0) is 0 Å². The van der Waals surface area contributed by atoms with E-state index < -0.39 is 0 Å². The van der Waals surface area contributed by atoms with Crippen LogP contribution in [0.4, 0.5) is 0 Å². The highest BCUT2D eigenvalue weighted by Crippen LogP contribution is 2.34. The fraction of sp³-hybridized carbons (Fsp3) is 0.467. The van der Waals surface area contributed by atoms with E-state index in [1.807, 2.05) is 12.1 Å². The molecular weight excluding hydrogens is 270 g/mol. The van der Waals surface area contributed by atoms with Crippen molar-refractivity contribution in [3.8, 4) is 22.9 Å². The van der Waals surface area contributed by atoms with Gasteiger partial charge in [0.2, 0.25) is 11.7 Å². The summed E-state index contributed by atoms with van der Waals surface area (Å²) in [7, 11) is 3.22. The Bertz CT molecular complexity index is 604. The average Bonchev–Trinajstić information content (AvgIpc) is 3.15. The summed E-state index contributed by atoms with van der Waals surface area (Å²) in [5, 5.41) is 4.06. The lowest BCUT2D eigenvalue weighted by molar-refractivity contribution is 0.345. The van der Waals surface area contributed by atoms with Crippen molar-refractivity contribution in [1.29, 1.82) is 0 Å². The molecule has 1 aliphatic carbocycles. The number of hydrogen-bond acceptors (Lipinski definition) is 6. The molecule has 1 saturated carbocycles. The van der Waals surface area contributed by atoms with Gasteiger partial charge in [-0.25, -0.2) is 0 Å². The first kappa shape index (κ1) is 13.9. The van der Waals surface area contributed by atoms with Gasteiger partial charge < -0.3 is 19.7 Å². The summed E-state index contributed by atoms with van der Waals surface area (Å²) in [6, 6.07) is 5.62. The third-order valence-electron chi connectivity index (χ3n) is 3.94. The Kier molecular flexibility index (Phi) is 3.79. The summed E-state index contributed by atoms with van der Waals surface area (Å²) >= 11 is 0. The maximum absolute atomic E-state index is 6.08. The van der Waals surface area contributed by atoms with Crippen LogP contribution in [0, 0.1) is 0 Å². The van der Waals surface area contributed by atoms with Crippen molar-refractivity contribution in [2.45, 2.75) is 31.2 Å². The fourth-order valence-electron chi connectivity index (χ4n) is 2.73. The minimum atomic E-state index is 0.109. The molecule has 1 fully saturated rings. The predicted molar refractivity (Wildman–Crippen MR) is 77.4 cm³/mol. The van der Waals surface area contributed by atoms with Gasteiger partial charge in [0.25, 0.3) is 0 Å². The Labute approximate surface area is 123 Å². The summed E-state index contributed by atoms with van der Waals surface area (Å²) in [6.45, 7) is 0. The standard InChI is InChI=1S/C15H19N3O3/c1-19-10-6-9(7-11(8-10)20-2)14-17-15(21-18-14)12-4-3-5-13(12)16/h6-8,12-13H,3-5,16H2,1-2H3. The van der Waals surface area contributed by atoms with Crippen LogP contribution in [0.25, 0.3) is 11.4 Å². The van der Waals surface area contributed by atoms with Crippen molar-refractivity contribution in [2.24, 2.45) is 5.73 Å². The first-order chi connectivity index (χ1) is 10.2. The van der Waals surface area contributed by atoms with Gasteiger partial charge in [0.1, 0.15) is 11.5 Å². The Morgan fingerprint density at radius 2 is 1.86 bits per heavy atom. The van der Waals surface area contributed by atoms with Crippen LogP contribution in [0.3, 0.4) is 0 Å². The highest BCUT2D eigenvalue weighted by atomic mass is 16.5. The number of hydrogen-bond donors (Lipinski definition) is 1. The lowest BCUT2D eigenvalue weighted by Gasteiger charge is -2.09. The molecule has 1 aromatic carbocycles.